The number of nitriles is 1. The molecular weight excluding hydrogens is 412 g/mol. The average Bonchev–Trinajstić information content (AvgIpc) is 2.69. The summed E-state index contributed by atoms with van der Waals surface area (Å²) >= 11 is 5.90. The third-order valence-corrected chi connectivity index (χ3v) is 4.69. The second kappa shape index (κ2) is 8.35. The minimum Gasteiger partial charge on any atom is -0.457 e. The van der Waals surface area contributed by atoms with Crippen LogP contribution in [-0.4, -0.2) is 20.6 Å². The van der Waals surface area contributed by atoms with Crippen LogP contribution in [0.5, 0.6) is 11.5 Å². The van der Waals surface area contributed by atoms with E-state index in [2.05, 4.69) is 0 Å². The smallest absolute Gasteiger partial charge is 0.264 e. The topological polar surface area (TPSA) is 96.3 Å². The number of ether oxygens (including phenoxy) is 1. The SMILES string of the molecule is CS(=O)(=O)NC(=O)c1ccc(Oc2ccc(Cl)cc2)c(-c2ccc(C#N)cc2)c1. The molecule has 1 amide bonds. The van der Waals surface area contributed by atoms with Gasteiger partial charge in [-0.1, -0.05) is 23.7 Å². The number of sulfonamides is 1. The summed E-state index contributed by atoms with van der Waals surface area (Å²) in [6.07, 6.45) is 0.907. The first-order valence-corrected chi connectivity index (χ1v) is 10.6. The highest BCUT2D eigenvalue weighted by Gasteiger charge is 2.16. The predicted molar refractivity (Wildman–Crippen MR) is 110 cm³/mol. The molecule has 0 fully saturated rings. The van der Waals surface area contributed by atoms with Crippen molar-refractivity contribution < 1.29 is 17.9 Å². The molecule has 0 saturated heterocycles. The molecule has 8 heteroatoms. The Morgan fingerprint density at radius 2 is 1.69 bits per heavy atom. The molecule has 1 N–H and O–H groups in total. The molecule has 0 saturated carbocycles. The highest BCUT2D eigenvalue weighted by molar-refractivity contribution is 7.89. The van der Waals surface area contributed by atoms with Gasteiger partial charge < -0.3 is 4.74 Å². The van der Waals surface area contributed by atoms with Gasteiger partial charge in [0.15, 0.2) is 0 Å². The van der Waals surface area contributed by atoms with Crippen LogP contribution < -0.4 is 9.46 Å². The van der Waals surface area contributed by atoms with Gasteiger partial charge in [0.05, 0.1) is 17.9 Å². The van der Waals surface area contributed by atoms with Crippen molar-refractivity contribution in [1.82, 2.24) is 4.72 Å². The van der Waals surface area contributed by atoms with Gasteiger partial charge in [-0.05, 0) is 60.2 Å². The van der Waals surface area contributed by atoms with E-state index in [1.165, 1.54) is 12.1 Å². The van der Waals surface area contributed by atoms with E-state index in [0.717, 1.165) is 6.26 Å². The predicted octanol–water partition coefficient (Wildman–Crippen LogP) is 4.36. The zero-order valence-electron chi connectivity index (χ0n) is 15.2. The molecule has 3 rings (SSSR count). The zero-order valence-corrected chi connectivity index (χ0v) is 16.8. The molecule has 0 unspecified atom stereocenters. The van der Waals surface area contributed by atoms with Gasteiger partial charge in [0.25, 0.3) is 5.91 Å². The lowest BCUT2D eigenvalue weighted by Gasteiger charge is -2.13. The lowest BCUT2D eigenvalue weighted by molar-refractivity contribution is 0.0981. The number of nitrogens with zero attached hydrogens (tertiary/aromatic N) is 1. The third kappa shape index (κ3) is 5.35. The van der Waals surface area contributed by atoms with Gasteiger partial charge >= 0.3 is 0 Å². The largest absolute Gasteiger partial charge is 0.457 e. The third-order valence-electron chi connectivity index (χ3n) is 3.89. The Hall–Kier alpha value is -3.34. The van der Waals surface area contributed by atoms with E-state index in [1.807, 2.05) is 10.8 Å². The molecule has 3 aromatic carbocycles. The first-order valence-electron chi connectivity index (χ1n) is 8.35. The van der Waals surface area contributed by atoms with Crippen LogP contribution in [0.25, 0.3) is 11.1 Å². The van der Waals surface area contributed by atoms with Crippen LogP contribution in [0.1, 0.15) is 15.9 Å². The van der Waals surface area contributed by atoms with E-state index in [9.17, 15) is 13.2 Å². The number of carbonyl (C=O) groups is 1. The summed E-state index contributed by atoms with van der Waals surface area (Å²) < 4.78 is 30.6. The van der Waals surface area contributed by atoms with Crippen molar-refractivity contribution >= 4 is 27.5 Å². The van der Waals surface area contributed by atoms with Crippen molar-refractivity contribution in [2.75, 3.05) is 6.26 Å². The van der Waals surface area contributed by atoms with Crippen molar-refractivity contribution in [2.24, 2.45) is 0 Å². The number of rotatable bonds is 5. The number of carbonyl (C=O) groups excluding carboxylic acids is 1. The quantitative estimate of drug-likeness (QED) is 0.653. The van der Waals surface area contributed by atoms with Gasteiger partial charge in [-0.25, -0.2) is 13.1 Å². The summed E-state index contributed by atoms with van der Waals surface area (Å²) in [6, 6.07) is 20.1. The number of amides is 1. The maximum Gasteiger partial charge on any atom is 0.264 e. The highest BCUT2D eigenvalue weighted by Crippen LogP contribution is 2.35. The summed E-state index contributed by atoms with van der Waals surface area (Å²) in [5.41, 5.74) is 1.89. The lowest BCUT2D eigenvalue weighted by Crippen LogP contribution is -2.29. The van der Waals surface area contributed by atoms with Crippen LogP contribution in [0.15, 0.2) is 66.7 Å². The summed E-state index contributed by atoms with van der Waals surface area (Å²) in [5, 5.41) is 9.57. The molecule has 0 radical (unpaired) electrons. The molecule has 0 heterocycles. The second-order valence-corrected chi connectivity index (χ2v) is 8.34. The second-order valence-electron chi connectivity index (χ2n) is 6.16. The number of benzene rings is 3. The van der Waals surface area contributed by atoms with Crippen LogP contribution in [-0.2, 0) is 10.0 Å². The van der Waals surface area contributed by atoms with Gasteiger partial charge in [0, 0.05) is 16.1 Å². The van der Waals surface area contributed by atoms with Crippen molar-refractivity contribution in [1.29, 1.82) is 5.26 Å². The molecule has 0 aromatic heterocycles. The van der Waals surface area contributed by atoms with Crippen molar-refractivity contribution in [3.8, 4) is 28.7 Å². The fourth-order valence-corrected chi connectivity index (χ4v) is 3.15. The lowest BCUT2D eigenvalue weighted by atomic mass is 10.0. The standard InChI is InChI=1S/C21H15ClN2O4S/c1-29(26,27)24-21(25)16-6-11-20(28-18-9-7-17(22)8-10-18)19(12-16)15-4-2-14(13-23)3-5-15/h2-12H,1H3,(H,24,25). The Bertz CT molecular complexity index is 1200. The Morgan fingerprint density at radius 3 is 2.28 bits per heavy atom. The fraction of sp³-hybridized carbons (Fsp3) is 0.0476. The van der Waals surface area contributed by atoms with E-state index in [4.69, 9.17) is 21.6 Å². The monoisotopic (exact) mass is 426 g/mol. The number of halogens is 1. The Balaban J connectivity index is 2.05. The Kier molecular flexibility index (Phi) is 5.87. The first-order chi connectivity index (χ1) is 13.7. The molecule has 0 bridgehead atoms. The number of nitrogens with one attached hydrogen (secondary N) is 1. The molecule has 0 spiro atoms. The van der Waals surface area contributed by atoms with Crippen LogP contribution in [0.3, 0.4) is 0 Å². The number of hydrogen-bond donors (Lipinski definition) is 1. The normalized spacial score (nSPS) is 10.8. The molecular formula is C21H15ClN2O4S. The molecule has 0 aliphatic carbocycles. The number of hydrogen-bond acceptors (Lipinski definition) is 5. The Labute approximate surface area is 173 Å². The molecule has 6 nitrogen and oxygen atoms in total. The molecule has 0 atom stereocenters. The highest BCUT2D eigenvalue weighted by atomic mass is 35.5. The van der Waals surface area contributed by atoms with E-state index in [-0.39, 0.29) is 5.56 Å². The first kappa shape index (κ1) is 20.4. The van der Waals surface area contributed by atoms with E-state index in [1.54, 1.807) is 54.6 Å². The molecule has 146 valence electrons. The van der Waals surface area contributed by atoms with E-state index < -0.39 is 15.9 Å². The van der Waals surface area contributed by atoms with Crippen molar-refractivity contribution in [3.63, 3.8) is 0 Å². The van der Waals surface area contributed by atoms with Crippen LogP contribution in [0, 0.1) is 11.3 Å². The van der Waals surface area contributed by atoms with Crippen molar-refractivity contribution in [3.05, 3.63) is 82.9 Å². The van der Waals surface area contributed by atoms with Gasteiger partial charge in [0.2, 0.25) is 10.0 Å². The molecule has 0 aliphatic rings. The van der Waals surface area contributed by atoms with Gasteiger partial charge in [0.1, 0.15) is 11.5 Å². The summed E-state index contributed by atoms with van der Waals surface area (Å²) in [6.45, 7) is 0. The molecule has 29 heavy (non-hydrogen) atoms. The summed E-state index contributed by atoms with van der Waals surface area (Å²) in [7, 11) is -3.70. The molecule has 3 aromatic rings. The van der Waals surface area contributed by atoms with Gasteiger partial charge in [-0.2, -0.15) is 5.26 Å². The maximum absolute atomic E-state index is 12.3. The minimum atomic E-state index is -3.70. The van der Waals surface area contributed by atoms with Crippen molar-refractivity contribution in [2.45, 2.75) is 0 Å². The van der Waals surface area contributed by atoms with Crippen LogP contribution in [0.2, 0.25) is 5.02 Å². The summed E-state index contributed by atoms with van der Waals surface area (Å²) in [5.74, 6) is 0.242. The zero-order chi connectivity index (χ0) is 21.0. The van der Waals surface area contributed by atoms with E-state index in [0.29, 0.717) is 33.2 Å². The minimum absolute atomic E-state index is 0.151. The summed E-state index contributed by atoms with van der Waals surface area (Å²) in [4.78, 5) is 12.3. The Morgan fingerprint density at radius 1 is 1.03 bits per heavy atom. The van der Waals surface area contributed by atoms with Gasteiger partial charge in [-0.15, -0.1) is 0 Å². The molecule has 0 aliphatic heterocycles. The average molecular weight is 427 g/mol. The fourth-order valence-electron chi connectivity index (χ4n) is 2.57. The maximum atomic E-state index is 12.3. The van der Waals surface area contributed by atoms with E-state index >= 15 is 0 Å². The van der Waals surface area contributed by atoms with Crippen LogP contribution >= 0.6 is 11.6 Å². The van der Waals surface area contributed by atoms with Gasteiger partial charge in [-0.3, -0.25) is 4.79 Å². The van der Waals surface area contributed by atoms with Crippen LogP contribution in [0.4, 0.5) is 0 Å².